The van der Waals surface area contributed by atoms with Gasteiger partial charge < -0.3 is 0 Å². The normalized spacial score (nSPS) is 29.0. The summed E-state index contributed by atoms with van der Waals surface area (Å²) < 4.78 is 0. The lowest BCUT2D eigenvalue weighted by atomic mass is 9.84. The van der Waals surface area contributed by atoms with E-state index in [9.17, 15) is 0 Å². The minimum absolute atomic E-state index is 0.751. The molecule has 0 unspecified atom stereocenters. The minimum atomic E-state index is 0.751. The number of benzene rings is 2. The van der Waals surface area contributed by atoms with Crippen LogP contribution in [0, 0.1) is 0 Å². The van der Waals surface area contributed by atoms with Crippen LogP contribution in [0.4, 0.5) is 0 Å². The highest BCUT2D eigenvalue weighted by Crippen LogP contribution is 2.46. The van der Waals surface area contributed by atoms with Crippen molar-refractivity contribution in [1.82, 2.24) is 4.90 Å². The maximum absolute atomic E-state index is 2.63. The van der Waals surface area contributed by atoms with Gasteiger partial charge in [-0.25, -0.2) is 0 Å². The molecule has 2 saturated heterocycles. The van der Waals surface area contributed by atoms with Crippen LogP contribution in [0.3, 0.4) is 0 Å². The third-order valence-electron chi connectivity index (χ3n) is 6.13. The lowest BCUT2D eigenvalue weighted by molar-refractivity contribution is 0.210. The number of piperidine rings is 1. The van der Waals surface area contributed by atoms with E-state index in [1.807, 2.05) is 11.8 Å². The van der Waals surface area contributed by atoms with E-state index >= 15 is 0 Å². The molecule has 2 heteroatoms. The summed E-state index contributed by atoms with van der Waals surface area (Å²) in [6, 6.07) is 19.6. The van der Waals surface area contributed by atoms with E-state index in [1.165, 1.54) is 47.3 Å². The lowest BCUT2D eigenvalue weighted by Crippen LogP contribution is -2.37. The van der Waals surface area contributed by atoms with Gasteiger partial charge in [-0.3, -0.25) is 4.90 Å². The van der Waals surface area contributed by atoms with Gasteiger partial charge in [0.15, 0.2) is 0 Å². The van der Waals surface area contributed by atoms with Crippen LogP contribution in [-0.4, -0.2) is 24.0 Å². The maximum Gasteiger partial charge on any atom is 0.0238 e. The molecule has 5 rings (SSSR count). The predicted molar refractivity (Wildman–Crippen MR) is 102 cm³/mol. The average Bonchev–Trinajstić information content (AvgIpc) is 2.81. The van der Waals surface area contributed by atoms with Gasteiger partial charge in [-0.05, 0) is 61.1 Å². The van der Waals surface area contributed by atoms with E-state index in [1.54, 1.807) is 11.1 Å². The standard InChI is InChI=1S/C22H23NS/c1-23-17-10-11-18(23)13-16(12-17)22-19-7-3-2-6-15(19)14-24-21-9-5-4-8-20(21)22/h2-9,17-18H,10-14H2,1H3/t17-,18+. The summed E-state index contributed by atoms with van der Waals surface area (Å²) in [5, 5.41) is 0. The van der Waals surface area contributed by atoms with Gasteiger partial charge in [-0.15, -0.1) is 11.8 Å². The summed E-state index contributed by atoms with van der Waals surface area (Å²) in [4.78, 5) is 4.08. The highest BCUT2D eigenvalue weighted by Gasteiger charge is 2.37. The first-order valence-corrected chi connectivity index (χ1v) is 10.0. The molecule has 0 N–H and O–H groups in total. The first-order valence-electron chi connectivity index (χ1n) is 9.05. The fourth-order valence-electron chi connectivity index (χ4n) is 4.81. The zero-order valence-corrected chi connectivity index (χ0v) is 15.0. The van der Waals surface area contributed by atoms with Crippen molar-refractivity contribution in [3.8, 4) is 0 Å². The first-order chi connectivity index (χ1) is 11.8. The van der Waals surface area contributed by atoms with E-state index in [2.05, 4.69) is 60.5 Å². The zero-order valence-electron chi connectivity index (χ0n) is 14.2. The van der Waals surface area contributed by atoms with Crippen molar-refractivity contribution in [3.63, 3.8) is 0 Å². The number of thioether (sulfide) groups is 1. The summed E-state index contributed by atoms with van der Waals surface area (Å²) >= 11 is 1.99. The molecular weight excluding hydrogens is 310 g/mol. The van der Waals surface area contributed by atoms with Gasteiger partial charge in [0.25, 0.3) is 0 Å². The molecule has 0 radical (unpaired) electrons. The first kappa shape index (κ1) is 14.8. The summed E-state index contributed by atoms with van der Waals surface area (Å²) in [5.74, 6) is 1.08. The van der Waals surface area contributed by atoms with Gasteiger partial charge in [-0.2, -0.15) is 0 Å². The average molecular weight is 334 g/mol. The molecule has 3 aliphatic heterocycles. The quantitative estimate of drug-likeness (QED) is 0.639. The second kappa shape index (κ2) is 5.79. The molecule has 0 saturated carbocycles. The Morgan fingerprint density at radius 1 is 0.875 bits per heavy atom. The molecule has 24 heavy (non-hydrogen) atoms. The van der Waals surface area contributed by atoms with Gasteiger partial charge >= 0.3 is 0 Å². The molecule has 2 aromatic carbocycles. The van der Waals surface area contributed by atoms with Crippen LogP contribution in [0.25, 0.3) is 5.57 Å². The Bertz CT molecular complexity index is 757. The fourth-order valence-corrected chi connectivity index (χ4v) is 5.87. The second-order valence-corrected chi connectivity index (χ2v) is 8.40. The SMILES string of the molecule is CN1[C@@H]2CC[C@H]1CC(=C1c3ccccc3CSc3ccccc31)C2. The molecule has 3 heterocycles. The van der Waals surface area contributed by atoms with Crippen LogP contribution in [0.2, 0.25) is 0 Å². The Labute approximate surface area is 148 Å². The molecule has 3 aliphatic rings. The van der Waals surface area contributed by atoms with Crippen LogP contribution < -0.4 is 0 Å². The molecule has 2 aromatic rings. The summed E-state index contributed by atoms with van der Waals surface area (Å²) in [6.07, 6.45) is 5.23. The van der Waals surface area contributed by atoms with Gasteiger partial charge in [0.05, 0.1) is 0 Å². The maximum atomic E-state index is 2.63. The van der Waals surface area contributed by atoms with E-state index in [-0.39, 0.29) is 0 Å². The molecule has 0 aliphatic carbocycles. The van der Waals surface area contributed by atoms with Crippen LogP contribution in [0.5, 0.6) is 0 Å². The van der Waals surface area contributed by atoms with E-state index in [0.717, 1.165) is 17.8 Å². The largest absolute Gasteiger partial charge is 0.300 e. The number of fused-ring (bicyclic) bond motifs is 4. The third-order valence-corrected chi connectivity index (χ3v) is 7.25. The van der Waals surface area contributed by atoms with Crippen LogP contribution in [0.15, 0.2) is 59.0 Å². The minimum Gasteiger partial charge on any atom is -0.300 e. The van der Waals surface area contributed by atoms with E-state index < -0.39 is 0 Å². The summed E-state index contributed by atoms with van der Waals surface area (Å²) in [7, 11) is 2.33. The van der Waals surface area contributed by atoms with Crippen molar-refractivity contribution in [2.75, 3.05) is 7.05 Å². The number of hydrogen-bond donors (Lipinski definition) is 0. The molecule has 2 fully saturated rings. The van der Waals surface area contributed by atoms with Gasteiger partial charge in [0.1, 0.15) is 0 Å². The number of hydrogen-bond acceptors (Lipinski definition) is 2. The van der Waals surface area contributed by atoms with Crippen molar-refractivity contribution in [2.45, 2.75) is 48.4 Å². The van der Waals surface area contributed by atoms with Crippen molar-refractivity contribution in [2.24, 2.45) is 0 Å². The number of rotatable bonds is 0. The van der Waals surface area contributed by atoms with E-state index in [0.29, 0.717) is 0 Å². The van der Waals surface area contributed by atoms with Crippen molar-refractivity contribution in [1.29, 1.82) is 0 Å². The van der Waals surface area contributed by atoms with Gasteiger partial charge in [-0.1, -0.05) is 48.0 Å². The van der Waals surface area contributed by atoms with Crippen LogP contribution >= 0.6 is 11.8 Å². The molecule has 0 spiro atoms. The van der Waals surface area contributed by atoms with Crippen molar-refractivity contribution >= 4 is 17.3 Å². The Morgan fingerprint density at radius 2 is 1.54 bits per heavy atom. The zero-order chi connectivity index (χ0) is 16.1. The molecule has 0 amide bonds. The highest BCUT2D eigenvalue weighted by atomic mass is 32.2. The van der Waals surface area contributed by atoms with E-state index in [4.69, 9.17) is 0 Å². The molecule has 122 valence electrons. The molecule has 0 aromatic heterocycles. The third kappa shape index (κ3) is 2.28. The lowest BCUT2D eigenvalue weighted by Gasteiger charge is -2.34. The van der Waals surface area contributed by atoms with Crippen molar-refractivity contribution < 1.29 is 0 Å². The van der Waals surface area contributed by atoms with Crippen LogP contribution in [0.1, 0.15) is 42.4 Å². The smallest absolute Gasteiger partial charge is 0.0238 e. The predicted octanol–water partition coefficient (Wildman–Crippen LogP) is 5.35. The van der Waals surface area contributed by atoms with Crippen molar-refractivity contribution in [3.05, 3.63) is 70.8 Å². The fraction of sp³-hybridized carbons (Fsp3) is 0.364. The molecular formula is C22H23NS. The molecule has 2 atom stereocenters. The highest BCUT2D eigenvalue weighted by molar-refractivity contribution is 7.98. The summed E-state index contributed by atoms with van der Waals surface area (Å²) in [6.45, 7) is 0. The Balaban J connectivity index is 1.74. The Kier molecular flexibility index (Phi) is 3.57. The molecule has 2 bridgehead atoms. The second-order valence-electron chi connectivity index (χ2n) is 7.38. The Hall–Kier alpha value is -1.51. The summed E-state index contributed by atoms with van der Waals surface area (Å²) in [5.41, 5.74) is 7.69. The van der Waals surface area contributed by atoms with Crippen LogP contribution in [-0.2, 0) is 5.75 Å². The Morgan fingerprint density at radius 3 is 2.33 bits per heavy atom. The monoisotopic (exact) mass is 333 g/mol. The number of nitrogens with zero attached hydrogens (tertiary/aromatic N) is 1. The topological polar surface area (TPSA) is 3.24 Å². The molecule has 1 nitrogen and oxygen atoms in total. The van der Waals surface area contributed by atoms with Gasteiger partial charge in [0.2, 0.25) is 0 Å². The van der Waals surface area contributed by atoms with Gasteiger partial charge in [0, 0.05) is 22.7 Å².